The summed E-state index contributed by atoms with van der Waals surface area (Å²) in [7, 11) is -3.20. The molecule has 2 fully saturated rings. The van der Waals surface area contributed by atoms with Crippen LogP contribution in [0.2, 0.25) is 0 Å². The Bertz CT molecular complexity index is 614. The molecular formula is C17H26N2O2S. The molecule has 0 aliphatic carbocycles. The van der Waals surface area contributed by atoms with Crippen LogP contribution >= 0.6 is 0 Å². The summed E-state index contributed by atoms with van der Waals surface area (Å²) in [6, 6.07) is 5.89. The molecule has 2 heterocycles. The number of sulfone groups is 1. The minimum Gasteiger partial charge on any atom is -0.371 e. The lowest BCUT2D eigenvalue weighted by molar-refractivity contribution is 0.601. The van der Waals surface area contributed by atoms with Crippen molar-refractivity contribution >= 4 is 21.2 Å². The van der Waals surface area contributed by atoms with Crippen LogP contribution in [0.25, 0.3) is 0 Å². The molecule has 1 aromatic carbocycles. The highest BCUT2D eigenvalue weighted by Crippen LogP contribution is 2.33. The fourth-order valence-electron chi connectivity index (χ4n) is 3.55. The van der Waals surface area contributed by atoms with Gasteiger partial charge in [-0.05, 0) is 43.9 Å². The van der Waals surface area contributed by atoms with Gasteiger partial charge >= 0.3 is 0 Å². The molecule has 0 aromatic heterocycles. The van der Waals surface area contributed by atoms with Crippen LogP contribution in [0.3, 0.4) is 0 Å². The second kappa shape index (κ2) is 6.49. The predicted octanol–water partition coefficient (Wildman–Crippen LogP) is 3.07. The van der Waals surface area contributed by atoms with Gasteiger partial charge in [-0.3, -0.25) is 0 Å². The summed E-state index contributed by atoms with van der Waals surface area (Å²) in [6.45, 7) is 4.09. The minimum atomic E-state index is -3.20. The second-order valence-corrected chi connectivity index (χ2v) is 8.50. The third-order valence-electron chi connectivity index (χ3n) is 4.76. The molecule has 0 spiro atoms. The predicted molar refractivity (Wildman–Crippen MR) is 91.7 cm³/mol. The van der Waals surface area contributed by atoms with E-state index >= 15 is 0 Å². The van der Waals surface area contributed by atoms with Crippen molar-refractivity contribution in [3.8, 4) is 0 Å². The van der Waals surface area contributed by atoms with Gasteiger partial charge in [0.15, 0.2) is 9.84 Å². The van der Waals surface area contributed by atoms with Crippen molar-refractivity contribution in [1.29, 1.82) is 0 Å². The van der Waals surface area contributed by atoms with Crippen molar-refractivity contribution < 1.29 is 8.42 Å². The van der Waals surface area contributed by atoms with E-state index in [0.29, 0.717) is 4.90 Å². The van der Waals surface area contributed by atoms with Crippen molar-refractivity contribution in [2.75, 3.05) is 42.2 Å². The van der Waals surface area contributed by atoms with Gasteiger partial charge in [0, 0.05) is 38.1 Å². The molecule has 0 radical (unpaired) electrons. The molecule has 22 heavy (non-hydrogen) atoms. The number of nitrogens with zero attached hydrogens (tertiary/aromatic N) is 2. The van der Waals surface area contributed by atoms with Crippen LogP contribution in [0.4, 0.5) is 11.4 Å². The van der Waals surface area contributed by atoms with Gasteiger partial charge in [-0.2, -0.15) is 0 Å². The van der Waals surface area contributed by atoms with Crippen LogP contribution in [0.5, 0.6) is 0 Å². The number of hydrogen-bond acceptors (Lipinski definition) is 4. The summed E-state index contributed by atoms with van der Waals surface area (Å²) in [5.74, 6) is 0. The topological polar surface area (TPSA) is 40.6 Å². The fraction of sp³-hybridized carbons (Fsp3) is 0.647. The van der Waals surface area contributed by atoms with E-state index in [1.807, 2.05) is 12.1 Å². The Hall–Kier alpha value is -1.23. The molecule has 5 heteroatoms. The first-order valence-corrected chi connectivity index (χ1v) is 10.3. The van der Waals surface area contributed by atoms with Crippen molar-refractivity contribution in [2.45, 2.75) is 43.4 Å². The lowest BCUT2D eigenvalue weighted by Gasteiger charge is -2.27. The van der Waals surface area contributed by atoms with Gasteiger partial charge < -0.3 is 9.80 Å². The van der Waals surface area contributed by atoms with Gasteiger partial charge in [-0.25, -0.2) is 8.42 Å². The quantitative estimate of drug-likeness (QED) is 0.857. The zero-order valence-corrected chi connectivity index (χ0v) is 14.2. The largest absolute Gasteiger partial charge is 0.371 e. The molecule has 0 atom stereocenters. The summed E-state index contributed by atoms with van der Waals surface area (Å²) < 4.78 is 24.3. The van der Waals surface area contributed by atoms with Gasteiger partial charge in [-0.15, -0.1) is 0 Å². The standard InChI is InChI=1S/C17H26N2O2S/c1-22(20,21)17-9-8-15(18-10-6-7-11-18)14-16(17)19-12-4-2-3-5-13-19/h8-9,14H,2-7,10-13H2,1H3. The summed E-state index contributed by atoms with van der Waals surface area (Å²) >= 11 is 0. The van der Waals surface area contributed by atoms with Crippen molar-refractivity contribution in [2.24, 2.45) is 0 Å². The van der Waals surface area contributed by atoms with E-state index in [1.54, 1.807) is 0 Å². The van der Waals surface area contributed by atoms with Crippen LogP contribution in [0.15, 0.2) is 23.1 Å². The molecule has 0 unspecified atom stereocenters. The van der Waals surface area contributed by atoms with Crippen molar-refractivity contribution in [3.63, 3.8) is 0 Å². The maximum Gasteiger partial charge on any atom is 0.177 e. The molecule has 3 rings (SSSR count). The van der Waals surface area contributed by atoms with Crippen LogP contribution in [-0.4, -0.2) is 40.9 Å². The summed E-state index contributed by atoms with van der Waals surface area (Å²) in [6.07, 6.45) is 8.57. The maximum atomic E-state index is 12.2. The first-order valence-electron chi connectivity index (χ1n) is 8.40. The van der Waals surface area contributed by atoms with Gasteiger partial charge in [0.25, 0.3) is 0 Å². The average molecular weight is 322 g/mol. The van der Waals surface area contributed by atoms with E-state index in [-0.39, 0.29) is 0 Å². The Morgan fingerprint density at radius 1 is 0.818 bits per heavy atom. The van der Waals surface area contributed by atoms with Crippen molar-refractivity contribution in [1.82, 2.24) is 0 Å². The van der Waals surface area contributed by atoms with Crippen molar-refractivity contribution in [3.05, 3.63) is 18.2 Å². The summed E-state index contributed by atoms with van der Waals surface area (Å²) in [5.41, 5.74) is 2.08. The van der Waals surface area contributed by atoms with E-state index in [9.17, 15) is 8.42 Å². The van der Waals surface area contributed by atoms with Gasteiger partial charge in [-0.1, -0.05) is 12.8 Å². The average Bonchev–Trinajstić information content (AvgIpc) is 2.88. The molecule has 2 saturated heterocycles. The fourth-order valence-corrected chi connectivity index (χ4v) is 4.43. The molecule has 0 saturated carbocycles. The highest BCUT2D eigenvalue weighted by molar-refractivity contribution is 7.90. The summed E-state index contributed by atoms with van der Waals surface area (Å²) in [5, 5.41) is 0. The Balaban J connectivity index is 2.00. The number of rotatable bonds is 3. The summed E-state index contributed by atoms with van der Waals surface area (Å²) in [4.78, 5) is 5.13. The number of benzene rings is 1. The lowest BCUT2D eigenvalue weighted by atomic mass is 10.2. The SMILES string of the molecule is CS(=O)(=O)c1ccc(N2CCCC2)cc1N1CCCCCC1. The van der Waals surface area contributed by atoms with Crippen LogP contribution in [0, 0.1) is 0 Å². The lowest BCUT2D eigenvalue weighted by Crippen LogP contribution is -2.26. The van der Waals surface area contributed by atoms with Gasteiger partial charge in [0.05, 0.1) is 10.6 Å². The van der Waals surface area contributed by atoms with Gasteiger partial charge in [0.1, 0.15) is 0 Å². The van der Waals surface area contributed by atoms with E-state index in [4.69, 9.17) is 0 Å². The smallest absolute Gasteiger partial charge is 0.177 e. The maximum absolute atomic E-state index is 12.2. The molecule has 2 aliphatic heterocycles. The molecule has 4 nitrogen and oxygen atoms in total. The molecular weight excluding hydrogens is 296 g/mol. The molecule has 122 valence electrons. The Labute approximate surface area is 134 Å². The minimum absolute atomic E-state index is 0.484. The molecule has 1 aromatic rings. The van der Waals surface area contributed by atoms with E-state index < -0.39 is 9.84 Å². The third-order valence-corrected chi connectivity index (χ3v) is 5.90. The van der Waals surface area contributed by atoms with Crippen LogP contribution in [0.1, 0.15) is 38.5 Å². The normalized spacial score (nSPS) is 20.2. The Morgan fingerprint density at radius 2 is 1.36 bits per heavy atom. The molecule has 0 amide bonds. The monoisotopic (exact) mass is 322 g/mol. The van der Waals surface area contributed by atoms with Gasteiger partial charge in [0.2, 0.25) is 0 Å². The second-order valence-electron chi connectivity index (χ2n) is 6.52. The first kappa shape index (κ1) is 15.7. The highest BCUT2D eigenvalue weighted by atomic mass is 32.2. The van der Waals surface area contributed by atoms with E-state index in [0.717, 1.165) is 44.7 Å². The first-order chi connectivity index (χ1) is 10.6. The number of hydrogen-bond donors (Lipinski definition) is 0. The molecule has 0 N–H and O–H groups in total. The Kier molecular flexibility index (Phi) is 4.62. The highest BCUT2D eigenvalue weighted by Gasteiger charge is 2.22. The van der Waals surface area contributed by atoms with Crippen LogP contribution < -0.4 is 9.80 Å². The van der Waals surface area contributed by atoms with E-state index in [2.05, 4.69) is 15.9 Å². The molecule has 2 aliphatic rings. The van der Waals surface area contributed by atoms with Crippen LogP contribution in [-0.2, 0) is 9.84 Å². The Morgan fingerprint density at radius 3 is 1.95 bits per heavy atom. The number of anilines is 2. The zero-order chi connectivity index (χ0) is 15.6. The van der Waals surface area contributed by atoms with E-state index in [1.165, 1.54) is 37.6 Å². The molecule has 0 bridgehead atoms. The third kappa shape index (κ3) is 3.40. The zero-order valence-electron chi connectivity index (χ0n) is 13.4.